The average molecular weight is 249 g/mol. The van der Waals surface area contributed by atoms with Gasteiger partial charge in [-0.25, -0.2) is 4.98 Å². The predicted octanol–water partition coefficient (Wildman–Crippen LogP) is 2.12. The van der Waals surface area contributed by atoms with Crippen LogP contribution in [0, 0.1) is 0 Å². The Bertz CT molecular complexity index is 364. The maximum Gasteiger partial charge on any atom is 0.130 e. The fraction of sp³-hybridized carbons (Fsp3) is 0.643. The number of nitrogens with zero attached hydrogens (tertiary/aromatic N) is 2. The van der Waals surface area contributed by atoms with Gasteiger partial charge in [0.05, 0.1) is 0 Å². The van der Waals surface area contributed by atoms with E-state index in [0.717, 1.165) is 45.0 Å². The molecule has 0 aromatic carbocycles. The van der Waals surface area contributed by atoms with Crippen LogP contribution in [-0.2, 0) is 11.3 Å². The Kier molecular flexibility index (Phi) is 4.96. The van der Waals surface area contributed by atoms with E-state index in [0.29, 0.717) is 6.04 Å². The third-order valence-corrected chi connectivity index (χ3v) is 3.47. The van der Waals surface area contributed by atoms with Gasteiger partial charge in [0.15, 0.2) is 0 Å². The molecule has 0 amide bonds. The summed E-state index contributed by atoms with van der Waals surface area (Å²) in [6.07, 6.45) is 4.11. The molecule has 2 rings (SSSR count). The van der Waals surface area contributed by atoms with E-state index in [1.807, 2.05) is 12.3 Å². The van der Waals surface area contributed by atoms with Crippen LogP contribution in [0.5, 0.6) is 0 Å². The summed E-state index contributed by atoms with van der Waals surface area (Å²) in [5, 5.41) is 3.32. The molecule has 4 nitrogen and oxygen atoms in total. The van der Waals surface area contributed by atoms with Crippen LogP contribution >= 0.6 is 0 Å². The van der Waals surface area contributed by atoms with Crippen LogP contribution in [0.3, 0.4) is 0 Å². The number of hydrogen-bond acceptors (Lipinski definition) is 4. The maximum absolute atomic E-state index is 5.41. The van der Waals surface area contributed by atoms with E-state index >= 15 is 0 Å². The van der Waals surface area contributed by atoms with Crippen LogP contribution in [0.4, 0.5) is 5.82 Å². The molecule has 0 aliphatic carbocycles. The van der Waals surface area contributed by atoms with Crippen molar-refractivity contribution in [3.05, 3.63) is 23.9 Å². The Labute approximate surface area is 109 Å². The van der Waals surface area contributed by atoms with E-state index < -0.39 is 0 Å². The molecule has 1 aliphatic rings. The minimum Gasteiger partial charge on any atom is -0.381 e. The zero-order valence-electron chi connectivity index (χ0n) is 11.4. The lowest BCUT2D eigenvalue weighted by atomic mass is 10.1. The number of rotatable bonds is 5. The number of nitrogens with one attached hydrogen (secondary N) is 1. The number of anilines is 1. The fourth-order valence-electron chi connectivity index (χ4n) is 2.42. The van der Waals surface area contributed by atoms with Crippen molar-refractivity contribution in [3.63, 3.8) is 0 Å². The molecule has 1 aromatic heterocycles. The van der Waals surface area contributed by atoms with Crippen molar-refractivity contribution in [1.29, 1.82) is 0 Å². The van der Waals surface area contributed by atoms with Gasteiger partial charge in [-0.05, 0) is 32.9 Å². The zero-order valence-corrected chi connectivity index (χ0v) is 11.4. The normalized spacial score (nSPS) is 17.1. The summed E-state index contributed by atoms with van der Waals surface area (Å²) in [5.41, 5.74) is 1.27. The highest BCUT2D eigenvalue weighted by Crippen LogP contribution is 2.18. The molecular weight excluding hydrogens is 226 g/mol. The van der Waals surface area contributed by atoms with Gasteiger partial charge in [0, 0.05) is 44.1 Å². The monoisotopic (exact) mass is 249 g/mol. The van der Waals surface area contributed by atoms with E-state index in [9.17, 15) is 0 Å². The SMILES string of the molecule is CCNc1ncccc1CN(C)C1CCOCC1. The average Bonchev–Trinajstić information content (AvgIpc) is 2.42. The molecule has 1 N–H and O–H groups in total. The second-order valence-electron chi connectivity index (χ2n) is 4.80. The van der Waals surface area contributed by atoms with E-state index in [4.69, 9.17) is 4.74 Å². The molecule has 1 saturated heterocycles. The van der Waals surface area contributed by atoms with Gasteiger partial charge in [0.25, 0.3) is 0 Å². The zero-order chi connectivity index (χ0) is 12.8. The molecule has 2 heterocycles. The van der Waals surface area contributed by atoms with E-state index in [1.165, 1.54) is 5.56 Å². The first-order valence-corrected chi connectivity index (χ1v) is 6.77. The van der Waals surface area contributed by atoms with Crippen molar-refractivity contribution < 1.29 is 4.74 Å². The molecule has 0 radical (unpaired) electrons. The second-order valence-corrected chi connectivity index (χ2v) is 4.80. The van der Waals surface area contributed by atoms with Gasteiger partial charge < -0.3 is 10.1 Å². The maximum atomic E-state index is 5.41. The van der Waals surface area contributed by atoms with Crippen LogP contribution in [0.1, 0.15) is 25.3 Å². The lowest BCUT2D eigenvalue weighted by molar-refractivity contribution is 0.0407. The summed E-state index contributed by atoms with van der Waals surface area (Å²) < 4.78 is 5.41. The molecule has 0 saturated carbocycles. The van der Waals surface area contributed by atoms with Crippen LogP contribution in [0.15, 0.2) is 18.3 Å². The predicted molar refractivity (Wildman–Crippen MR) is 73.7 cm³/mol. The molecule has 100 valence electrons. The third-order valence-electron chi connectivity index (χ3n) is 3.47. The smallest absolute Gasteiger partial charge is 0.130 e. The van der Waals surface area contributed by atoms with Gasteiger partial charge in [0.2, 0.25) is 0 Å². The molecule has 18 heavy (non-hydrogen) atoms. The van der Waals surface area contributed by atoms with Crippen LogP contribution in [0.2, 0.25) is 0 Å². The first-order valence-electron chi connectivity index (χ1n) is 6.77. The Morgan fingerprint density at radius 2 is 2.22 bits per heavy atom. The Hall–Kier alpha value is -1.13. The molecular formula is C14H23N3O. The minimum atomic E-state index is 0.633. The van der Waals surface area contributed by atoms with Crippen LogP contribution < -0.4 is 5.32 Å². The molecule has 0 bridgehead atoms. The highest BCUT2D eigenvalue weighted by molar-refractivity contribution is 5.43. The molecule has 1 aliphatic heterocycles. The number of hydrogen-bond donors (Lipinski definition) is 1. The first-order chi connectivity index (χ1) is 8.81. The molecule has 4 heteroatoms. The highest BCUT2D eigenvalue weighted by atomic mass is 16.5. The highest BCUT2D eigenvalue weighted by Gasteiger charge is 2.19. The standard InChI is InChI=1S/C14H23N3O/c1-3-15-14-12(5-4-8-16-14)11-17(2)13-6-9-18-10-7-13/h4-5,8,13H,3,6-7,9-11H2,1-2H3,(H,15,16). The van der Waals surface area contributed by atoms with Crippen molar-refractivity contribution in [3.8, 4) is 0 Å². The molecule has 0 atom stereocenters. The van der Waals surface area contributed by atoms with Crippen LogP contribution in [0.25, 0.3) is 0 Å². The first kappa shape index (κ1) is 13.3. The summed E-state index contributed by atoms with van der Waals surface area (Å²) in [5.74, 6) is 1.01. The Balaban J connectivity index is 1.99. The van der Waals surface area contributed by atoms with Crippen molar-refractivity contribution in [1.82, 2.24) is 9.88 Å². The molecule has 1 aromatic rings. The van der Waals surface area contributed by atoms with E-state index in [1.54, 1.807) is 0 Å². The minimum absolute atomic E-state index is 0.633. The van der Waals surface area contributed by atoms with Crippen molar-refractivity contribution in [2.45, 2.75) is 32.4 Å². The van der Waals surface area contributed by atoms with E-state index in [-0.39, 0.29) is 0 Å². The lowest BCUT2D eigenvalue weighted by Crippen LogP contribution is -2.36. The van der Waals surface area contributed by atoms with Gasteiger partial charge in [-0.1, -0.05) is 6.07 Å². The van der Waals surface area contributed by atoms with Gasteiger partial charge in [-0.2, -0.15) is 0 Å². The lowest BCUT2D eigenvalue weighted by Gasteiger charge is -2.31. The molecule has 1 fully saturated rings. The molecule has 0 spiro atoms. The summed E-state index contributed by atoms with van der Waals surface area (Å²) >= 11 is 0. The van der Waals surface area contributed by atoms with Crippen molar-refractivity contribution in [2.75, 3.05) is 32.1 Å². The quantitative estimate of drug-likeness (QED) is 0.867. The summed E-state index contributed by atoms with van der Waals surface area (Å²) in [4.78, 5) is 6.82. The summed E-state index contributed by atoms with van der Waals surface area (Å²) in [6, 6.07) is 4.79. The van der Waals surface area contributed by atoms with Gasteiger partial charge in [-0.15, -0.1) is 0 Å². The number of ether oxygens (including phenoxy) is 1. The number of pyridine rings is 1. The molecule has 0 unspecified atom stereocenters. The van der Waals surface area contributed by atoms with Gasteiger partial charge in [0.1, 0.15) is 5.82 Å². The number of aromatic nitrogens is 1. The van der Waals surface area contributed by atoms with Crippen LogP contribution in [-0.4, -0.2) is 42.7 Å². The summed E-state index contributed by atoms with van der Waals surface area (Å²) in [7, 11) is 2.19. The van der Waals surface area contributed by atoms with Gasteiger partial charge >= 0.3 is 0 Å². The van der Waals surface area contributed by atoms with Gasteiger partial charge in [-0.3, -0.25) is 4.90 Å². The van der Waals surface area contributed by atoms with Crippen molar-refractivity contribution in [2.24, 2.45) is 0 Å². The van der Waals surface area contributed by atoms with Crippen molar-refractivity contribution >= 4 is 5.82 Å². The second kappa shape index (κ2) is 6.71. The topological polar surface area (TPSA) is 37.4 Å². The fourth-order valence-corrected chi connectivity index (χ4v) is 2.42. The summed E-state index contributed by atoms with van der Waals surface area (Å²) in [6.45, 7) is 5.73. The largest absolute Gasteiger partial charge is 0.381 e. The van der Waals surface area contributed by atoms with E-state index in [2.05, 4.69) is 35.2 Å². The Morgan fingerprint density at radius 1 is 1.44 bits per heavy atom. The third kappa shape index (κ3) is 3.43. The Morgan fingerprint density at radius 3 is 2.94 bits per heavy atom.